The van der Waals surface area contributed by atoms with Gasteiger partial charge in [-0.05, 0) is 23.9 Å². The molecule has 0 radical (unpaired) electrons. The predicted octanol–water partition coefficient (Wildman–Crippen LogP) is 3.38. The first-order valence-electron chi connectivity index (χ1n) is 4.14. The highest BCUT2D eigenvalue weighted by molar-refractivity contribution is 7.10. The van der Waals surface area contributed by atoms with E-state index in [2.05, 4.69) is 0 Å². The largest absolute Gasteiger partial charge is 0.472 e. The Bertz CT molecular complexity index is 393. The number of halogens is 1. The van der Waals surface area contributed by atoms with Crippen molar-refractivity contribution in [1.82, 2.24) is 0 Å². The Morgan fingerprint density at radius 1 is 1.50 bits per heavy atom. The minimum absolute atomic E-state index is 0.600. The summed E-state index contributed by atoms with van der Waals surface area (Å²) < 4.78 is 5.01. The molecule has 0 spiro atoms. The summed E-state index contributed by atoms with van der Waals surface area (Å²) in [6.07, 6.45) is 2.48. The molecule has 0 aliphatic heterocycles. The molecule has 0 saturated heterocycles. The Balaban J connectivity index is 2.38. The molecule has 0 aromatic carbocycles. The number of hydrogen-bond acceptors (Lipinski definition) is 3. The molecule has 2 nitrogen and oxygen atoms in total. The molecule has 1 unspecified atom stereocenters. The molecule has 0 aliphatic carbocycles. The Morgan fingerprint density at radius 3 is 2.79 bits per heavy atom. The number of furan rings is 1. The predicted molar refractivity (Wildman–Crippen MR) is 56.8 cm³/mol. The zero-order chi connectivity index (χ0) is 10.1. The summed E-state index contributed by atoms with van der Waals surface area (Å²) in [6.45, 7) is 1.89. The van der Waals surface area contributed by atoms with Crippen molar-refractivity contribution in [3.63, 3.8) is 0 Å². The van der Waals surface area contributed by atoms with Gasteiger partial charge in [0.15, 0.2) is 0 Å². The minimum atomic E-state index is -0.679. The van der Waals surface area contributed by atoms with Gasteiger partial charge in [0.25, 0.3) is 0 Å². The summed E-state index contributed by atoms with van der Waals surface area (Å²) >= 11 is 7.36. The monoisotopic (exact) mass is 228 g/mol. The lowest BCUT2D eigenvalue weighted by molar-refractivity contribution is 0.222. The van der Waals surface area contributed by atoms with Gasteiger partial charge in [-0.2, -0.15) is 0 Å². The van der Waals surface area contributed by atoms with Crippen LogP contribution in [0.15, 0.2) is 28.4 Å². The van der Waals surface area contributed by atoms with Crippen LogP contribution >= 0.6 is 22.9 Å². The molecule has 2 heterocycles. The van der Waals surface area contributed by atoms with E-state index in [-0.39, 0.29) is 0 Å². The number of thiophene rings is 1. The van der Waals surface area contributed by atoms with Crippen molar-refractivity contribution in [2.24, 2.45) is 0 Å². The fraction of sp³-hybridized carbons (Fsp3) is 0.200. The van der Waals surface area contributed by atoms with Crippen molar-refractivity contribution in [3.8, 4) is 0 Å². The van der Waals surface area contributed by atoms with Crippen molar-refractivity contribution in [2.45, 2.75) is 13.0 Å². The second-order valence-corrected chi connectivity index (χ2v) is 4.40. The van der Waals surface area contributed by atoms with Crippen molar-refractivity contribution in [1.29, 1.82) is 0 Å². The maximum absolute atomic E-state index is 10.00. The molecule has 0 amide bonds. The van der Waals surface area contributed by atoms with Crippen molar-refractivity contribution < 1.29 is 9.52 Å². The number of rotatable bonds is 2. The SMILES string of the molecule is Cc1cocc1C(O)c1sccc1Cl. The molecule has 74 valence electrons. The van der Waals surface area contributed by atoms with Gasteiger partial charge < -0.3 is 9.52 Å². The van der Waals surface area contributed by atoms with Crippen LogP contribution in [-0.2, 0) is 0 Å². The molecule has 2 aromatic rings. The standard InChI is InChI=1S/C10H9ClO2S/c1-6-4-13-5-7(6)9(12)10-8(11)2-3-14-10/h2-5,9,12H,1H3. The van der Waals surface area contributed by atoms with Gasteiger partial charge in [0.2, 0.25) is 0 Å². The van der Waals surface area contributed by atoms with E-state index < -0.39 is 6.10 Å². The van der Waals surface area contributed by atoms with Gasteiger partial charge in [-0.1, -0.05) is 11.6 Å². The second-order valence-electron chi connectivity index (χ2n) is 3.05. The van der Waals surface area contributed by atoms with Crippen LogP contribution in [0.25, 0.3) is 0 Å². The smallest absolute Gasteiger partial charge is 0.118 e. The van der Waals surface area contributed by atoms with Crippen molar-refractivity contribution in [3.05, 3.63) is 45.0 Å². The van der Waals surface area contributed by atoms with E-state index in [1.54, 1.807) is 18.6 Å². The topological polar surface area (TPSA) is 33.4 Å². The van der Waals surface area contributed by atoms with Gasteiger partial charge in [0.05, 0.1) is 22.4 Å². The fourth-order valence-corrected chi connectivity index (χ4v) is 2.45. The average Bonchev–Trinajstić information content (AvgIpc) is 2.73. The molecule has 0 saturated carbocycles. The number of hydrogen-bond donors (Lipinski definition) is 1. The van der Waals surface area contributed by atoms with Crippen LogP contribution in [0.4, 0.5) is 0 Å². The highest BCUT2D eigenvalue weighted by atomic mass is 35.5. The van der Waals surface area contributed by atoms with E-state index in [1.165, 1.54) is 11.3 Å². The third-order valence-electron chi connectivity index (χ3n) is 2.08. The van der Waals surface area contributed by atoms with Crippen LogP contribution in [0.1, 0.15) is 22.1 Å². The summed E-state index contributed by atoms with van der Waals surface area (Å²) in [4.78, 5) is 0.760. The first-order chi connectivity index (χ1) is 6.70. The molecule has 1 N–H and O–H groups in total. The van der Waals surface area contributed by atoms with Crippen LogP contribution in [0, 0.1) is 6.92 Å². The Kier molecular flexibility index (Phi) is 2.63. The lowest BCUT2D eigenvalue weighted by atomic mass is 10.1. The molecule has 2 rings (SSSR count). The zero-order valence-corrected chi connectivity index (χ0v) is 9.10. The highest BCUT2D eigenvalue weighted by Crippen LogP contribution is 2.34. The lowest BCUT2D eigenvalue weighted by Crippen LogP contribution is -1.97. The second kappa shape index (κ2) is 3.77. The number of aliphatic hydroxyl groups excluding tert-OH is 1. The Labute approximate surface area is 90.8 Å². The van der Waals surface area contributed by atoms with E-state index in [4.69, 9.17) is 16.0 Å². The fourth-order valence-electron chi connectivity index (χ4n) is 1.29. The van der Waals surface area contributed by atoms with E-state index in [9.17, 15) is 5.11 Å². The quantitative estimate of drug-likeness (QED) is 0.855. The minimum Gasteiger partial charge on any atom is -0.472 e. The highest BCUT2D eigenvalue weighted by Gasteiger charge is 2.18. The Hall–Kier alpha value is -0.770. The van der Waals surface area contributed by atoms with Gasteiger partial charge in [0, 0.05) is 5.56 Å². The van der Waals surface area contributed by atoms with Gasteiger partial charge in [-0.3, -0.25) is 0 Å². The maximum atomic E-state index is 10.00. The first kappa shape index (κ1) is 9.77. The van der Waals surface area contributed by atoms with Crippen LogP contribution in [0.2, 0.25) is 5.02 Å². The summed E-state index contributed by atoms with van der Waals surface area (Å²) in [6, 6.07) is 1.78. The third-order valence-corrected chi connectivity index (χ3v) is 3.49. The van der Waals surface area contributed by atoms with Gasteiger partial charge in [0.1, 0.15) is 6.10 Å². The van der Waals surface area contributed by atoms with Gasteiger partial charge in [-0.25, -0.2) is 0 Å². The van der Waals surface area contributed by atoms with E-state index >= 15 is 0 Å². The van der Waals surface area contributed by atoms with Crippen LogP contribution in [0.3, 0.4) is 0 Å². The van der Waals surface area contributed by atoms with E-state index in [0.717, 1.165) is 16.0 Å². The molecule has 0 fully saturated rings. The molecular formula is C10H9ClO2S. The molecule has 0 aliphatic rings. The third kappa shape index (κ3) is 1.59. The molecule has 4 heteroatoms. The molecule has 0 bridgehead atoms. The van der Waals surface area contributed by atoms with Gasteiger partial charge in [-0.15, -0.1) is 11.3 Å². The van der Waals surface area contributed by atoms with E-state index in [0.29, 0.717) is 5.02 Å². The summed E-state index contributed by atoms with van der Waals surface area (Å²) in [5, 5.41) is 12.5. The van der Waals surface area contributed by atoms with Crippen molar-refractivity contribution >= 4 is 22.9 Å². The summed E-state index contributed by atoms with van der Waals surface area (Å²) in [7, 11) is 0. The average molecular weight is 229 g/mol. The van der Waals surface area contributed by atoms with Crippen LogP contribution in [0.5, 0.6) is 0 Å². The summed E-state index contributed by atoms with van der Waals surface area (Å²) in [5.41, 5.74) is 1.70. The lowest BCUT2D eigenvalue weighted by Gasteiger charge is -2.07. The van der Waals surface area contributed by atoms with Crippen LogP contribution < -0.4 is 0 Å². The molecule has 1 atom stereocenters. The summed E-state index contributed by atoms with van der Waals surface area (Å²) in [5.74, 6) is 0. The maximum Gasteiger partial charge on any atom is 0.118 e. The number of aliphatic hydroxyl groups is 1. The van der Waals surface area contributed by atoms with Crippen molar-refractivity contribution in [2.75, 3.05) is 0 Å². The molecular weight excluding hydrogens is 220 g/mol. The normalized spacial score (nSPS) is 13.1. The Morgan fingerprint density at radius 2 is 2.29 bits per heavy atom. The molecule has 2 aromatic heterocycles. The zero-order valence-electron chi connectivity index (χ0n) is 7.53. The first-order valence-corrected chi connectivity index (χ1v) is 5.39. The van der Waals surface area contributed by atoms with Crippen LogP contribution in [-0.4, -0.2) is 5.11 Å². The molecule has 14 heavy (non-hydrogen) atoms. The number of aryl methyl sites for hydroxylation is 1. The van der Waals surface area contributed by atoms with E-state index in [1.807, 2.05) is 12.3 Å². The van der Waals surface area contributed by atoms with Gasteiger partial charge >= 0.3 is 0 Å².